The van der Waals surface area contributed by atoms with Crippen LogP contribution in [0, 0.1) is 0 Å². The first-order chi connectivity index (χ1) is 12.1. The zero-order valence-corrected chi connectivity index (χ0v) is 20.2. The highest BCUT2D eigenvalue weighted by Gasteiger charge is 2.45. The summed E-state index contributed by atoms with van der Waals surface area (Å²) in [4.78, 5) is 0. The summed E-state index contributed by atoms with van der Waals surface area (Å²) in [5.74, 6) is 0. The van der Waals surface area contributed by atoms with Crippen molar-refractivity contribution in [2.45, 2.75) is 91.5 Å². The van der Waals surface area contributed by atoms with Crippen molar-refractivity contribution in [1.82, 2.24) is 0 Å². The van der Waals surface area contributed by atoms with Gasteiger partial charge in [0.25, 0.3) is 0 Å². The van der Waals surface area contributed by atoms with Gasteiger partial charge in [0, 0.05) is 6.61 Å². The van der Waals surface area contributed by atoms with Crippen LogP contribution in [0.2, 0.25) is 16.6 Å². The molecule has 156 valence electrons. The van der Waals surface area contributed by atoms with Crippen LogP contribution in [-0.2, 0) is 22.6 Å². The Morgan fingerprint density at radius 2 is 1.38 bits per heavy atom. The van der Waals surface area contributed by atoms with Crippen molar-refractivity contribution in [1.29, 1.82) is 0 Å². The van der Waals surface area contributed by atoms with Crippen LogP contribution in [-0.4, -0.2) is 34.2 Å². The van der Waals surface area contributed by atoms with Gasteiger partial charge in [0.2, 0.25) is 0 Å². The van der Waals surface area contributed by atoms with Gasteiger partial charge in [0.15, 0.2) is 8.32 Å². The predicted octanol–water partition coefficient (Wildman–Crippen LogP) is 6.71. The molecular weight excluding hydrogens is 367 g/mol. The molecule has 0 aliphatic heterocycles. The maximum atomic E-state index is 12.7. The number of phosphoric acid groups is 1. The summed E-state index contributed by atoms with van der Waals surface area (Å²) < 4.78 is 35.5. The van der Waals surface area contributed by atoms with E-state index in [-0.39, 0.29) is 19.3 Å². The third kappa shape index (κ3) is 7.57. The quantitative estimate of drug-likeness (QED) is 0.182. The van der Waals surface area contributed by atoms with Gasteiger partial charge < -0.3 is 4.43 Å². The summed E-state index contributed by atoms with van der Waals surface area (Å²) in [6.07, 6.45) is 4.04. The SMILES string of the molecule is C/C=C/C(CCO[Si](C(C)C)(C(C)C)C(C)C)OP(=O)(OCC)OCC. The third-order valence-electron chi connectivity index (χ3n) is 4.71. The van der Waals surface area contributed by atoms with Crippen LogP contribution in [0.5, 0.6) is 0 Å². The summed E-state index contributed by atoms with van der Waals surface area (Å²) in [5.41, 5.74) is 1.59. The van der Waals surface area contributed by atoms with Gasteiger partial charge in [0.05, 0.1) is 19.3 Å². The van der Waals surface area contributed by atoms with Crippen LogP contribution in [0.1, 0.15) is 68.7 Å². The van der Waals surface area contributed by atoms with Crippen LogP contribution in [0.25, 0.3) is 0 Å². The first kappa shape index (κ1) is 26.0. The molecule has 1 atom stereocenters. The lowest BCUT2D eigenvalue weighted by Crippen LogP contribution is -2.48. The standard InChI is InChI=1S/C19H41O5PSi/c1-10-13-19(24-25(20,21-11-2)22-12-3)14-15-23-26(16(4)5,17(6)7)18(8)9/h10,13,16-19H,11-12,14-15H2,1-9H3/b13-10+. The van der Waals surface area contributed by atoms with Crippen molar-refractivity contribution in [2.75, 3.05) is 19.8 Å². The molecule has 5 nitrogen and oxygen atoms in total. The predicted molar refractivity (Wildman–Crippen MR) is 112 cm³/mol. The summed E-state index contributed by atoms with van der Waals surface area (Å²) in [7, 11) is -5.46. The lowest BCUT2D eigenvalue weighted by Gasteiger charge is -2.42. The number of hydrogen-bond acceptors (Lipinski definition) is 5. The van der Waals surface area contributed by atoms with E-state index in [1.54, 1.807) is 13.8 Å². The minimum absolute atomic E-state index is 0.278. The van der Waals surface area contributed by atoms with Gasteiger partial charge in [-0.2, -0.15) is 0 Å². The molecule has 0 aliphatic rings. The second-order valence-electron chi connectivity index (χ2n) is 7.41. The minimum atomic E-state index is -3.54. The molecule has 0 saturated carbocycles. The Labute approximate surface area is 162 Å². The Balaban J connectivity index is 5.10. The maximum absolute atomic E-state index is 12.7. The summed E-state index contributed by atoms with van der Waals surface area (Å²) in [6.45, 7) is 20.2. The fraction of sp³-hybridized carbons (Fsp3) is 0.895. The van der Waals surface area contributed by atoms with E-state index in [1.165, 1.54) is 0 Å². The van der Waals surface area contributed by atoms with Crippen LogP contribution in [0.4, 0.5) is 0 Å². The van der Waals surface area contributed by atoms with Crippen molar-refractivity contribution in [3.8, 4) is 0 Å². The van der Waals surface area contributed by atoms with Crippen LogP contribution in [0.3, 0.4) is 0 Å². The Bertz CT molecular complexity index is 419. The Kier molecular flexibility index (Phi) is 12.5. The molecule has 0 N–H and O–H groups in total. The number of hydrogen-bond donors (Lipinski definition) is 0. The maximum Gasteiger partial charge on any atom is 0.475 e. The Morgan fingerprint density at radius 3 is 1.73 bits per heavy atom. The fourth-order valence-corrected chi connectivity index (χ4v) is 10.6. The average Bonchev–Trinajstić information content (AvgIpc) is 2.50. The van der Waals surface area contributed by atoms with Crippen LogP contribution < -0.4 is 0 Å². The van der Waals surface area contributed by atoms with E-state index in [4.69, 9.17) is 18.0 Å². The van der Waals surface area contributed by atoms with Crippen molar-refractivity contribution in [2.24, 2.45) is 0 Å². The van der Waals surface area contributed by atoms with E-state index < -0.39 is 16.1 Å². The molecule has 0 aromatic carbocycles. The second kappa shape index (κ2) is 12.5. The van der Waals surface area contributed by atoms with Gasteiger partial charge in [0.1, 0.15) is 0 Å². The van der Waals surface area contributed by atoms with Gasteiger partial charge in [-0.05, 0) is 43.8 Å². The topological polar surface area (TPSA) is 54.0 Å². The van der Waals surface area contributed by atoms with E-state index in [2.05, 4.69) is 41.5 Å². The molecule has 0 heterocycles. The number of phosphoric ester groups is 1. The average molecular weight is 409 g/mol. The first-order valence-corrected chi connectivity index (χ1v) is 13.5. The minimum Gasteiger partial charge on any atom is -0.416 e. The monoisotopic (exact) mass is 408 g/mol. The van der Waals surface area contributed by atoms with E-state index >= 15 is 0 Å². The van der Waals surface area contributed by atoms with Gasteiger partial charge in [-0.25, -0.2) is 4.57 Å². The molecule has 0 rings (SSSR count). The molecule has 0 aromatic rings. The fourth-order valence-electron chi connectivity index (χ4n) is 3.83. The van der Waals surface area contributed by atoms with Gasteiger partial charge >= 0.3 is 7.82 Å². The van der Waals surface area contributed by atoms with E-state index in [0.29, 0.717) is 29.7 Å². The number of rotatable bonds is 14. The lowest BCUT2D eigenvalue weighted by atomic mass is 10.2. The van der Waals surface area contributed by atoms with Gasteiger partial charge in [-0.15, -0.1) is 0 Å². The normalized spacial score (nSPS) is 14.9. The second-order valence-corrected chi connectivity index (χ2v) is 14.5. The largest absolute Gasteiger partial charge is 0.475 e. The number of allylic oxidation sites excluding steroid dienone is 1. The summed E-state index contributed by atoms with van der Waals surface area (Å²) in [5, 5.41) is 0. The van der Waals surface area contributed by atoms with Gasteiger partial charge in [-0.1, -0.05) is 53.7 Å². The molecule has 0 radical (unpaired) electrons. The lowest BCUT2D eigenvalue weighted by molar-refractivity contribution is 0.0899. The van der Waals surface area contributed by atoms with Crippen molar-refractivity contribution in [3.05, 3.63) is 12.2 Å². The summed E-state index contributed by atoms with van der Waals surface area (Å²) >= 11 is 0. The van der Waals surface area contributed by atoms with E-state index in [1.807, 2.05) is 19.1 Å². The Morgan fingerprint density at radius 1 is 0.923 bits per heavy atom. The van der Waals surface area contributed by atoms with E-state index in [9.17, 15) is 4.57 Å². The summed E-state index contributed by atoms with van der Waals surface area (Å²) in [6, 6.07) is 0. The van der Waals surface area contributed by atoms with Crippen LogP contribution in [0.15, 0.2) is 12.2 Å². The molecule has 0 saturated heterocycles. The highest BCUT2D eigenvalue weighted by Crippen LogP contribution is 2.51. The molecule has 0 bridgehead atoms. The molecule has 0 amide bonds. The molecule has 7 heteroatoms. The van der Waals surface area contributed by atoms with Gasteiger partial charge in [-0.3, -0.25) is 13.6 Å². The zero-order valence-electron chi connectivity index (χ0n) is 18.3. The molecule has 0 fully saturated rings. The molecule has 0 aliphatic carbocycles. The molecule has 0 spiro atoms. The van der Waals surface area contributed by atoms with Crippen molar-refractivity contribution >= 4 is 16.1 Å². The highest BCUT2D eigenvalue weighted by molar-refractivity contribution is 7.48. The molecule has 1 unspecified atom stereocenters. The third-order valence-corrected chi connectivity index (χ3v) is 12.5. The first-order valence-electron chi connectivity index (χ1n) is 9.93. The van der Waals surface area contributed by atoms with Crippen LogP contribution >= 0.6 is 7.82 Å². The molecule has 0 aromatic heterocycles. The smallest absolute Gasteiger partial charge is 0.416 e. The highest BCUT2D eigenvalue weighted by atomic mass is 31.2. The molecule has 26 heavy (non-hydrogen) atoms. The van der Waals surface area contributed by atoms with Crippen molar-refractivity contribution in [3.63, 3.8) is 0 Å². The molecular formula is C19H41O5PSi. The van der Waals surface area contributed by atoms with Crippen molar-refractivity contribution < 1.29 is 22.6 Å². The van der Waals surface area contributed by atoms with E-state index in [0.717, 1.165) is 0 Å². The zero-order chi connectivity index (χ0) is 20.4. The Hall–Kier alpha value is 0.0269.